The van der Waals surface area contributed by atoms with Gasteiger partial charge in [0.2, 0.25) is 0 Å². The molecule has 0 aromatic heterocycles. The number of hydrogen-bond donors (Lipinski definition) is 3. The fourth-order valence-corrected chi connectivity index (χ4v) is 7.14. The van der Waals surface area contributed by atoms with Crippen molar-refractivity contribution < 1.29 is 47.8 Å². The molecule has 0 fully saturated rings. The van der Waals surface area contributed by atoms with E-state index in [1.54, 1.807) is 0 Å². The first-order chi connectivity index (χ1) is 25.7. The normalized spacial score (nSPS) is 13.8. The highest BCUT2D eigenvalue weighted by atomic mass is 31.2. The minimum atomic E-state index is -4.61. The molecule has 316 valence electrons. The Morgan fingerprint density at radius 3 is 1.17 bits per heavy atom. The molecule has 1 unspecified atom stereocenters. The lowest BCUT2D eigenvalue weighted by atomic mass is 10.0. The Morgan fingerprint density at radius 1 is 0.491 bits per heavy atom. The van der Waals surface area contributed by atoms with Gasteiger partial charge in [0.15, 0.2) is 6.10 Å². The van der Waals surface area contributed by atoms with Gasteiger partial charge in [-0.3, -0.25) is 18.6 Å². The molecule has 3 N–H and O–H groups in total. The summed E-state index contributed by atoms with van der Waals surface area (Å²) in [6.07, 6.45) is 35.0. The maximum Gasteiger partial charge on any atom is 0.472 e. The summed E-state index contributed by atoms with van der Waals surface area (Å²) >= 11 is 0. The van der Waals surface area contributed by atoms with Gasteiger partial charge < -0.3 is 24.6 Å². The smallest absolute Gasteiger partial charge is 0.462 e. The van der Waals surface area contributed by atoms with Gasteiger partial charge in [-0.25, -0.2) is 4.57 Å². The average molecular weight is 779 g/mol. The highest BCUT2D eigenvalue weighted by molar-refractivity contribution is 7.47. The van der Waals surface area contributed by atoms with Crippen molar-refractivity contribution >= 4 is 19.8 Å². The number of esters is 2. The highest BCUT2D eigenvalue weighted by Crippen LogP contribution is 2.43. The third kappa shape index (κ3) is 39.0. The number of unbranched alkanes of at least 4 members (excludes halogenated alkanes) is 28. The number of aliphatic hydroxyl groups excluding tert-OH is 2. The van der Waals surface area contributed by atoms with Crippen LogP contribution >= 0.6 is 7.82 Å². The van der Waals surface area contributed by atoms with Crippen LogP contribution in [-0.2, 0) is 32.7 Å². The van der Waals surface area contributed by atoms with Gasteiger partial charge in [0.1, 0.15) is 12.7 Å². The van der Waals surface area contributed by atoms with E-state index < -0.39 is 51.8 Å². The molecular weight excluding hydrogens is 695 g/mol. The molecule has 3 atom stereocenters. The third-order valence-electron chi connectivity index (χ3n) is 9.76. The summed E-state index contributed by atoms with van der Waals surface area (Å²) in [5, 5.41) is 18.3. The Morgan fingerprint density at radius 2 is 0.811 bits per heavy atom. The molecule has 0 rings (SSSR count). The van der Waals surface area contributed by atoms with Crippen molar-refractivity contribution in [3.8, 4) is 0 Å². The molecule has 0 spiro atoms. The first-order valence-corrected chi connectivity index (χ1v) is 23.5. The Bertz CT molecular complexity index is 858. The molecule has 0 saturated heterocycles. The van der Waals surface area contributed by atoms with Gasteiger partial charge in [-0.1, -0.05) is 194 Å². The van der Waals surface area contributed by atoms with E-state index in [-0.39, 0.29) is 19.4 Å². The number of aliphatic hydroxyl groups is 2. The largest absolute Gasteiger partial charge is 0.472 e. The van der Waals surface area contributed by atoms with Gasteiger partial charge in [0.05, 0.1) is 19.8 Å². The Hall–Kier alpha value is -1.03. The van der Waals surface area contributed by atoms with Crippen LogP contribution in [-0.4, -0.2) is 65.7 Å². The zero-order valence-corrected chi connectivity index (χ0v) is 35.2. The second kappa shape index (κ2) is 39.2. The molecule has 0 radical (unpaired) electrons. The predicted molar refractivity (Wildman–Crippen MR) is 215 cm³/mol. The molecule has 0 bridgehead atoms. The van der Waals surface area contributed by atoms with Crippen LogP contribution in [0.1, 0.15) is 219 Å². The first-order valence-electron chi connectivity index (χ1n) is 22.0. The van der Waals surface area contributed by atoms with Crippen molar-refractivity contribution in [1.29, 1.82) is 0 Å². The molecule has 0 aliphatic heterocycles. The van der Waals surface area contributed by atoms with Crippen LogP contribution in [0.2, 0.25) is 0 Å². The van der Waals surface area contributed by atoms with Crippen molar-refractivity contribution in [3.05, 3.63) is 0 Å². The highest BCUT2D eigenvalue weighted by Gasteiger charge is 2.27. The minimum absolute atomic E-state index is 0.192. The molecule has 0 saturated carbocycles. The zero-order chi connectivity index (χ0) is 39.1. The molecular formula is C42H83O10P. The number of phosphoric acid groups is 1. The quantitative estimate of drug-likeness (QED) is 0.0310. The second-order valence-corrected chi connectivity index (χ2v) is 16.5. The van der Waals surface area contributed by atoms with E-state index in [9.17, 15) is 24.2 Å². The van der Waals surface area contributed by atoms with Crippen molar-refractivity contribution in [3.63, 3.8) is 0 Å². The van der Waals surface area contributed by atoms with E-state index in [0.717, 1.165) is 38.5 Å². The SMILES string of the molecule is CCCCCCCCCCCCCCCCCCCCCC(=O)O[C@H](COC(=O)CCCCCCCCCCCCC)COP(=O)(O)OC[C@@H](O)CO. The van der Waals surface area contributed by atoms with Crippen molar-refractivity contribution in [2.75, 3.05) is 26.4 Å². The van der Waals surface area contributed by atoms with Crippen LogP contribution in [0.4, 0.5) is 0 Å². The van der Waals surface area contributed by atoms with E-state index >= 15 is 0 Å². The molecule has 10 nitrogen and oxygen atoms in total. The van der Waals surface area contributed by atoms with E-state index in [4.69, 9.17) is 19.1 Å². The Kier molecular flexibility index (Phi) is 38.5. The number of ether oxygens (including phenoxy) is 2. The van der Waals surface area contributed by atoms with Crippen LogP contribution in [0, 0.1) is 0 Å². The maximum absolute atomic E-state index is 12.6. The van der Waals surface area contributed by atoms with Crippen LogP contribution in [0.5, 0.6) is 0 Å². The summed E-state index contributed by atoms with van der Waals surface area (Å²) in [5.41, 5.74) is 0. The van der Waals surface area contributed by atoms with Gasteiger partial charge in [-0.05, 0) is 12.8 Å². The van der Waals surface area contributed by atoms with Gasteiger partial charge in [0, 0.05) is 12.8 Å². The van der Waals surface area contributed by atoms with Crippen molar-refractivity contribution in [1.82, 2.24) is 0 Å². The molecule has 0 aliphatic rings. The summed E-state index contributed by atoms with van der Waals surface area (Å²) in [6.45, 7) is 2.41. The lowest BCUT2D eigenvalue weighted by molar-refractivity contribution is -0.161. The average Bonchev–Trinajstić information content (AvgIpc) is 3.14. The van der Waals surface area contributed by atoms with E-state index in [1.807, 2.05) is 0 Å². The lowest BCUT2D eigenvalue weighted by Gasteiger charge is -2.20. The maximum atomic E-state index is 12.6. The van der Waals surface area contributed by atoms with E-state index in [2.05, 4.69) is 18.4 Å². The Balaban J connectivity index is 4.19. The molecule has 0 aromatic carbocycles. The number of phosphoric ester groups is 1. The second-order valence-electron chi connectivity index (χ2n) is 15.1. The standard InChI is InChI=1S/C42H83O10P/c1-3-5-7-9-11-13-15-16-17-18-19-20-21-22-24-26-28-30-32-34-42(46)52-40(38-51-53(47,48)50-36-39(44)35-43)37-49-41(45)33-31-29-27-25-23-14-12-10-8-6-4-2/h39-40,43-44H,3-38H2,1-2H3,(H,47,48)/t39-,40+/m0/s1. The van der Waals surface area contributed by atoms with Crippen molar-refractivity contribution in [2.24, 2.45) is 0 Å². The molecule has 0 heterocycles. The van der Waals surface area contributed by atoms with Crippen molar-refractivity contribution in [2.45, 2.75) is 232 Å². The summed E-state index contributed by atoms with van der Waals surface area (Å²) in [7, 11) is -4.61. The third-order valence-corrected chi connectivity index (χ3v) is 10.7. The Labute approximate surface area is 324 Å². The molecule has 0 aliphatic carbocycles. The molecule has 11 heteroatoms. The summed E-state index contributed by atoms with van der Waals surface area (Å²) < 4.78 is 32.7. The van der Waals surface area contributed by atoms with Gasteiger partial charge in [0.25, 0.3) is 0 Å². The van der Waals surface area contributed by atoms with Crippen LogP contribution < -0.4 is 0 Å². The fourth-order valence-electron chi connectivity index (χ4n) is 6.35. The predicted octanol–water partition coefficient (Wildman–Crippen LogP) is 11.5. The lowest BCUT2D eigenvalue weighted by Crippen LogP contribution is -2.29. The topological polar surface area (TPSA) is 149 Å². The number of hydrogen-bond acceptors (Lipinski definition) is 9. The summed E-state index contributed by atoms with van der Waals surface area (Å²) in [6, 6.07) is 0. The monoisotopic (exact) mass is 779 g/mol. The van der Waals surface area contributed by atoms with Crippen LogP contribution in [0.25, 0.3) is 0 Å². The number of rotatable bonds is 42. The van der Waals surface area contributed by atoms with E-state index in [0.29, 0.717) is 12.8 Å². The van der Waals surface area contributed by atoms with Gasteiger partial charge in [-0.15, -0.1) is 0 Å². The summed E-state index contributed by atoms with van der Waals surface area (Å²) in [4.78, 5) is 34.9. The molecule has 0 aromatic rings. The van der Waals surface area contributed by atoms with Crippen LogP contribution in [0.15, 0.2) is 0 Å². The van der Waals surface area contributed by atoms with Gasteiger partial charge in [-0.2, -0.15) is 0 Å². The number of carbonyl (C=O) groups excluding carboxylic acids is 2. The molecule has 53 heavy (non-hydrogen) atoms. The van der Waals surface area contributed by atoms with E-state index in [1.165, 1.54) is 141 Å². The minimum Gasteiger partial charge on any atom is -0.462 e. The zero-order valence-electron chi connectivity index (χ0n) is 34.3. The van der Waals surface area contributed by atoms with Crippen LogP contribution in [0.3, 0.4) is 0 Å². The first kappa shape index (κ1) is 52.0. The molecule has 0 amide bonds. The number of carbonyl (C=O) groups is 2. The fraction of sp³-hybridized carbons (Fsp3) is 0.952. The summed E-state index contributed by atoms with van der Waals surface area (Å²) in [5.74, 6) is -0.911. The van der Waals surface area contributed by atoms with Gasteiger partial charge >= 0.3 is 19.8 Å².